The van der Waals surface area contributed by atoms with Gasteiger partial charge >= 0.3 is 0 Å². The highest BCUT2D eigenvalue weighted by atomic mass is 32.1. The molecule has 216 valence electrons. The topological polar surface area (TPSA) is 64.7 Å². The standard InChI is InChI=1S/C40H24N4OS/c1-3-11-26(12-4-1)37-42-38(27-13-5-2-6-14-27)44-39(43-37)32-18-10-17-31-30-16-9-15-29(35(30)46-36(31)32)25-21-23-28(24-22-25)40-41-33-19-7-8-20-34(33)45-40/h1-24H. The van der Waals surface area contributed by atoms with Gasteiger partial charge in [-0.25, -0.2) is 19.9 Å². The highest BCUT2D eigenvalue weighted by molar-refractivity contribution is 7.26. The molecule has 6 heteroatoms. The summed E-state index contributed by atoms with van der Waals surface area (Å²) in [6.45, 7) is 0. The maximum Gasteiger partial charge on any atom is 0.227 e. The molecule has 0 saturated heterocycles. The van der Waals surface area contributed by atoms with Gasteiger partial charge in [0.2, 0.25) is 5.89 Å². The van der Waals surface area contributed by atoms with Crippen LogP contribution >= 0.6 is 11.3 Å². The molecule has 0 atom stereocenters. The molecule has 3 aromatic heterocycles. The number of oxazole rings is 1. The Labute approximate surface area is 268 Å². The molecule has 9 rings (SSSR count). The lowest BCUT2D eigenvalue weighted by atomic mass is 10.0. The average molecular weight is 609 g/mol. The third-order valence-corrected chi connectivity index (χ3v) is 9.49. The fraction of sp³-hybridized carbons (Fsp3) is 0. The molecular weight excluding hydrogens is 585 g/mol. The third-order valence-electron chi connectivity index (χ3n) is 8.20. The summed E-state index contributed by atoms with van der Waals surface area (Å²) in [5, 5.41) is 2.40. The Balaban J connectivity index is 1.18. The molecule has 0 amide bonds. The number of nitrogens with zero attached hydrogens (tertiary/aromatic N) is 4. The van der Waals surface area contributed by atoms with Crippen LogP contribution in [0.3, 0.4) is 0 Å². The van der Waals surface area contributed by atoms with Crippen molar-refractivity contribution in [2.24, 2.45) is 0 Å². The first-order valence-electron chi connectivity index (χ1n) is 15.1. The van der Waals surface area contributed by atoms with Crippen molar-refractivity contribution in [1.29, 1.82) is 0 Å². The first-order valence-corrected chi connectivity index (χ1v) is 15.9. The molecule has 3 heterocycles. The third kappa shape index (κ3) is 4.55. The van der Waals surface area contributed by atoms with Crippen LogP contribution in [0, 0.1) is 0 Å². The van der Waals surface area contributed by atoms with Crippen molar-refractivity contribution in [3.63, 3.8) is 0 Å². The summed E-state index contributed by atoms with van der Waals surface area (Å²) in [5.74, 6) is 2.60. The van der Waals surface area contributed by atoms with Crippen molar-refractivity contribution in [2.45, 2.75) is 0 Å². The second kappa shape index (κ2) is 10.9. The van der Waals surface area contributed by atoms with Gasteiger partial charge in [-0.2, -0.15) is 0 Å². The molecule has 0 aliphatic carbocycles. The fourth-order valence-corrected chi connectivity index (χ4v) is 7.29. The Kier molecular flexibility index (Phi) is 6.25. The summed E-state index contributed by atoms with van der Waals surface area (Å²) < 4.78 is 8.39. The lowest BCUT2D eigenvalue weighted by Gasteiger charge is -2.09. The molecule has 0 saturated carbocycles. The first kappa shape index (κ1) is 26.4. The van der Waals surface area contributed by atoms with Crippen LogP contribution in [0.1, 0.15) is 0 Å². The van der Waals surface area contributed by atoms with Crippen LogP contribution in [0.2, 0.25) is 0 Å². The monoisotopic (exact) mass is 608 g/mol. The number of hydrogen-bond donors (Lipinski definition) is 0. The molecule has 0 N–H and O–H groups in total. The van der Waals surface area contributed by atoms with Crippen LogP contribution in [0.5, 0.6) is 0 Å². The summed E-state index contributed by atoms with van der Waals surface area (Å²) in [7, 11) is 0. The van der Waals surface area contributed by atoms with Gasteiger partial charge in [0.1, 0.15) is 5.52 Å². The molecule has 9 aromatic rings. The van der Waals surface area contributed by atoms with Crippen molar-refractivity contribution in [2.75, 3.05) is 0 Å². The SMILES string of the molecule is c1ccc(-c2nc(-c3ccccc3)nc(-c3cccc4c3sc3c(-c5ccc(-c6nc7ccccc7o6)cc5)cccc34)n2)cc1. The lowest BCUT2D eigenvalue weighted by molar-refractivity contribution is 0.620. The van der Waals surface area contributed by atoms with E-state index in [0.717, 1.165) is 43.6 Å². The van der Waals surface area contributed by atoms with Gasteiger partial charge in [0, 0.05) is 42.4 Å². The molecule has 6 aromatic carbocycles. The van der Waals surface area contributed by atoms with Gasteiger partial charge in [-0.3, -0.25) is 0 Å². The second-order valence-corrected chi connectivity index (χ2v) is 12.1. The van der Waals surface area contributed by atoms with Crippen LogP contribution < -0.4 is 0 Å². The normalized spacial score (nSPS) is 11.5. The largest absolute Gasteiger partial charge is 0.436 e. The predicted octanol–water partition coefficient (Wildman–Crippen LogP) is 10.7. The molecule has 0 unspecified atom stereocenters. The molecule has 5 nitrogen and oxygen atoms in total. The van der Waals surface area contributed by atoms with E-state index in [4.69, 9.17) is 19.4 Å². The minimum absolute atomic E-state index is 0.625. The maximum atomic E-state index is 6.01. The Morgan fingerprint density at radius 2 is 0.935 bits per heavy atom. The van der Waals surface area contributed by atoms with Crippen molar-refractivity contribution >= 4 is 42.6 Å². The van der Waals surface area contributed by atoms with E-state index in [2.05, 4.69) is 65.6 Å². The zero-order valence-electron chi connectivity index (χ0n) is 24.5. The van der Waals surface area contributed by atoms with Crippen LogP contribution in [0.15, 0.2) is 150 Å². The van der Waals surface area contributed by atoms with Crippen molar-refractivity contribution < 1.29 is 4.42 Å². The number of fused-ring (bicyclic) bond motifs is 4. The van der Waals surface area contributed by atoms with Crippen molar-refractivity contribution in [3.8, 4) is 56.7 Å². The number of aromatic nitrogens is 4. The minimum Gasteiger partial charge on any atom is -0.436 e. The zero-order valence-corrected chi connectivity index (χ0v) is 25.3. The number of para-hydroxylation sites is 2. The van der Waals surface area contributed by atoms with Gasteiger partial charge in [0.15, 0.2) is 23.1 Å². The minimum atomic E-state index is 0.625. The van der Waals surface area contributed by atoms with E-state index in [0.29, 0.717) is 23.4 Å². The first-order chi connectivity index (χ1) is 22.8. The number of thiophene rings is 1. The number of rotatable bonds is 5. The van der Waals surface area contributed by atoms with E-state index in [-0.39, 0.29) is 0 Å². The summed E-state index contributed by atoms with van der Waals surface area (Å²) in [6.07, 6.45) is 0. The summed E-state index contributed by atoms with van der Waals surface area (Å²) in [4.78, 5) is 19.6. The van der Waals surface area contributed by atoms with E-state index < -0.39 is 0 Å². The smallest absolute Gasteiger partial charge is 0.227 e. The number of hydrogen-bond acceptors (Lipinski definition) is 6. The molecular formula is C40H24N4OS. The predicted molar refractivity (Wildman–Crippen MR) is 187 cm³/mol. The Bertz CT molecular complexity index is 2430. The average Bonchev–Trinajstić information content (AvgIpc) is 3.74. The van der Waals surface area contributed by atoms with Crippen LogP contribution in [-0.4, -0.2) is 19.9 Å². The highest BCUT2D eigenvalue weighted by Crippen LogP contribution is 2.43. The second-order valence-electron chi connectivity index (χ2n) is 11.1. The van der Waals surface area contributed by atoms with Gasteiger partial charge in [-0.05, 0) is 41.5 Å². The molecule has 0 bridgehead atoms. The highest BCUT2D eigenvalue weighted by Gasteiger charge is 2.18. The summed E-state index contributed by atoms with van der Waals surface area (Å²) in [6, 6.07) is 49.4. The van der Waals surface area contributed by atoms with Gasteiger partial charge < -0.3 is 4.42 Å². The Hall–Kier alpha value is -5.98. The molecule has 0 aliphatic rings. The van der Waals surface area contributed by atoms with Gasteiger partial charge in [0.05, 0.1) is 0 Å². The van der Waals surface area contributed by atoms with Gasteiger partial charge in [-0.15, -0.1) is 11.3 Å². The number of benzene rings is 6. The molecule has 46 heavy (non-hydrogen) atoms. The van der Waals surface area contributed by atoms with E-state index in [1.807, 2.05) is 84.9 Å². The van der Waals surface area contributed by atoms with Crippen LogP contribution in [0.4, 0.5) is 0 Å². The van der Waals surface area contributed by atoms with Gasteiger partial charge in [-0.1, -0.05) is 115 Å². The van der Waals surface area contributed by atoms with Crippen molar-refractivity contribution in [1.82, 2.24) is 19.9 Å². The van der Waals surface area contributed by atoms with E-state index in [1.54, 1.807) is 11.3 Å². The summed E-state index contributed by atoms with van der Waals surface area (Å²) in [5.41, 5.74) is 7.81. The Morgan fingerprint density at radius 1 is 0.391 bits per heavy atom. The van der Waals surface area contributed by atoms with E-state index in [9.17, 15) is 0 Å². The summed E-state index contributed by atoms with van der Waals surface area (Å²) >= 11 is 1.78. The maximum absolute atomic E-state index is 6.01. The molecule has 0 fully saturated rings. The van der Waals surface area contributed by atoms with Crippen LogP contribution in [-0.2, 0) is 0 Å². The Morgan fingerprint density at radius 3 is 1.59 bits per heavy atom. The van der Waals surface area contributed by atoms with Crippen LogP contribution in [0.25, 0.3) is 88.0 Å². The van der Waals surface area contributed by atoms with E-state index >= 15 is 0 Å². The quantitative estimate of drug-likeness (QED) is 0.194. The lowest BCUT2D eigenvalue weighted by Crippen LogP contribution is -2.00. The van der Waals surface area contributed by atoms with Gasteiger partial charge in [0.25, 0.3) is 0 Å². The molecule has 0 aliphatic heterocycles. The fourth-order valence-electron chi connectivity index (χ4n) is 5.94. The molecule has 0 radical (unpaired) electrons. The zero-order chi connectivity index (χ0) is 30.5. The van der Waals surface area contributed by atoms with Crippen molar-refractivity contribution in [3.05, 3.63) is 146 Å². The molecule has 0 spiro atoms. The van der Waals surface area contributed by atoms with E-state index in [1.165, 1.54) is 21.0 Å².